The van der Waals surface area contributed by atoms with Crippen molar-refractivity contribution < 1.29 is 4.74 Å². The average molecular weight is 412 g/mol. The minimum Gasteiger partial charge on any atom is -0.379 e. The van der Waals surface area contributed by atoms with Gasteiger partial charge >= 0.3 is 0 Å². The van der Waals surface area contributed by atoms with Crippen LogP contribution < -0.4 is 16.2 Å². The zero-order chi connectivity index (χ0) is 21.4. The Labute approximate surface area is 178 Å². The number of morpholine rings is 1. The van der Waals surface area contributed by atoms with Crippen molar-refractivity contribution in [1.29, 1.82) is 0 Å². The summed E-state index contributed by atoms with van der Waals surface area (Å²) in [6.45, 7) is 10.1. The Morgan fingerprint density at radius 1 is 1.07 bits per heavy atom. The standard InChI is InChI=1S/C23H33N5O2/c1-23(2,28-12-14-30-15-13-28)18-26-22(24-3)25-16-19-7-9-20(10-8-19)17-27-11-5-4-6-21(27)29/h4-11H,12-18H2,1-3H3,(H2,24,25,26). The molecule has 2 aromatic rings. The lowest BCUT2D eigenvalue weighted by atomic mass is 10.0. The molecule has 7 nitrogen and oxygen atoms in total. The number of aliphatic imine (C=N–C) groups is 1. The van der Waals surface area contributed by atoms with Gasteiger partial charge in [0.05, 0.1) is 19.8 Å². The van der Waals surface area contributed by atoms with Gasteiger partial charge < -0.3 is 19.9 Å². The van der Waals surface area contributed by atoms with E-state index in [9.17, 15) is 4.79 Å². The molecule has 1 fully saturated rings. The molecule has 0 atom stereocenters. The van der Waals surface area contributed by atoms with Crippen LogP contribution in [0.5, 0.6) is 0 Å². The molecule has 1 aromatic carbocycles. The van der Waals surface area contributed by atoms with Gasteiger partial charge in [-0.2, -0.15) is 0 Å². The number of hydrogen-bond donors (Lipinski definition) is 2. The van der Waals surface area contributed by atoms with Crippen molar-refractivity contribution in [3.8, 4) is 0 Å². The van der Waals surface area contributed by atoms with Crippen molar-refractivity contribution in [3.05, 3.63) is 70.1 Å². The summed E-state index contributed by atoms with van der Waals surface area (Å²) in [5.74, 6) is 0.788. The topological polar surface area (TPSA) is 70.9 Å². The molecule has 0 amide bonds. The van der Waals surface area contributed by atoms with E-state index in [1.54, 1.807) is 23.7 Å². The van der Waals surface area contributed by atoms with Crippen LogP contribution in [0.1, 0.15) is 25.0 Å². The number of hydrogen-bond acceptors (Lipinski definition) is 4. The van der Waals surface area contributed by atoms with E-state index in [-0.39, 0.29) is 11.1 Å². The molecule has 1 aliphatic rings. The summed E-state index contributed by atoms with van der Waals surface area (Å²) in [6.07, 6.45) is 1.81. The summed E-state index contributed by atoms with van der Waals surface area (Å²) in [6, 6.07) is 13.5. The van der Waals surface area contributed by atoms with Gasteiger partial charge in [0.2, 0.25) is 0 Å². The lowest BCUT2D eigenvalue weighted by Gasteiger charge is -2.41. The van der Waals surface area contributed by atoms with Gasteiger partial charge in [0.25, 0.3) is 5.56 Å². The Morgan fingerprint density at radius 2 is 1.77 bits per heavy atom. The first kappa shape index (κ1) is 22.1. The maximum absolute atomic E-state index is 11.9. The summed E-state index contributed by atoms with van der Waals surface area (Å²) in [5.41, 5.74) is 2.30. The second kappa shape index (κ2) is 10.4. The number of nitrogens with one attached hydrogen (secondary N) is 2. The van der Waals surface area contributed by atoms with Gasteiger partial charge in [-0.3, -0.25) is 14.7 Å². The van der Waals surface area contributed by atoms with Crippen LogP contribution in [0.25, 0.3) is 0 Å². The largest absolute Gasteiger partial charge is 0.379 e. The highest BCUT2D eigenvalue weighted by Crippen LogP contribution is 2.15. The number of benzene rings is 1. The van der Waals surface area contributed by atoms with E-state index < -0.39 is 0 Å². The predicted octanol–water partition coefficient (Wildman–Crippen LogP) is 1.67. The monoisotopic (exact) mass is 411 g/mol. The molecule has 162 valence electrons. The van der Waals surface area contributed by atoms with Crippen LogP contribution in [-0.2, 0) is 17.8 Å². The van der Waals surface area contributed by atoms with Crippen molar-refractivity contribution in [2.45, 2.75) is 32.5 Å². The molecule has 0 unspecified atom stereocenters. The number of guanidine groups is 1. The SMILES string of the molecule is CN=C(NCc1ccc(Cn2ccccc2=O)cc1)NCC(C)(C)N1CCOCC1. The Balaban J connectivity index is 1.48. The first-order chi connectivity index (χ1) is 14.5. The van der Waals surface area contributed by atoms with Crippen LogP contribution in [0.2, 0.25) is 0 Å². The zero-order valence-corrected chi connectivity index (χ0v) is 18.2. The second-order valence-corrected chi connectivity index (χ2v) is 8.17. The van der Waals surface area contributed by atoms with Crippen LogP contribution in [-0.4, -0.2) is 60.9 Å². The Bertz CT molecular complexity index is 883. The molecular weight excluding hydrogens is 378 g/mol. The molecule has 2 N–H and O–H groups in total. The number of aromatic nitrogens is 1. The van der Waals surface area contributed by atoms with Crippen molar-refractivity contribution >= 4 is 5.96 Å². The first-order valence-corrected chi connectivity index (χ1v) is 10.5. The number of nitrogens with zero attached hydrogens (tertiary/aromatic N) is 3. The molecule has 2 heterocycles. The summed E-state index contributed by atoms with van der Waals surface area (Å²) in [4.78, 5) is 18.7. The van der Waals surface area contributed by atoms with E-state index >= 15 is 0 Å². The molecule has 0 aliphatic carbocycles. The highest BCUT2D eigenvalue weighted by atomic mass is 16.5. The maximum atomic E-state index is 11.9. The van der Waals surface area contributed by atoms with Gasteiger partial charge in [-0.15, -0.1) is 0 Å². The number of pyridine rings is 1. The molecule has 7 heteroatoms. The predicted molar refractivity (Wildman–Crippen MR) is 121 cm³/mol. The Morgan fingerprint density at radius 3 is 2.43 bits per heavy atom. The fourth-order valence-electron chi connectivity index (χ4n) is 3.54. The van der Waals surface area contributed by atoms with E-state index in [0.717, 1.165) is 49.9 Å². The lowest BCUT2D eigenvalue weighted by Crippen LogP contribution is -2.56. The summed E-state index contributed by atoms with van der Waals surface area (Å²) < 4.78 is 7.17. The third-order valence-corrected chi connectivity index (χ3v) is 5.51. The highest BCUT2D eigenvalue weighted by Gasteiger charge is 2.28. The fraction of sp³-hybridized carbons (Fsp3) is 0.478. The van der Waals surface area contributed by atoms with E-state index in [1.807, 2.05) is 12.3 Å². The third-order valence-electron chi connectivity index (χ3n) is 5.51. The zero-order valence-electron chi connectivity index (χ0n) is 18.2. The fourth-order valence-corrected chi connectivity index (χ4v) is 3.54. The van der Waals surface area contributed by atoms with Crippen LogP contribution in [0, 0.1) is 0 Å². The molecule has 0 spiro atoms. The van der Waals surface area contributed by atoms with Gasteiger partial charge in [0, 0.05) is 51.0 Å². The van der Waals surface area contributed by atoms with Gasteiger partial charge in [0.15, 0.2) is 5.96 Å². The third kappa shape index (κ3) is 6.18. The highest BCUT2D eigenvalue weighted by molar-refractivity contribution is 5.79. The molecular formula is C23H33N5O2. The quantitative estimate of drug-likeness (QED) is 0.536. The molecule has 0 radical (unpaired) electrons. The number of ether oxygens (including phenoxy) is 1. The molecule has 1 saturated heterocycles. The van der Waals surface area contributed by atoms with Crippen molar-refractivity contribution in [3.63, 3.8) is 0 Å². The number of rotatable bonds is 7. The average Bonchev–Trinajstić information content (AvgIpc) is 2.77. The molecule has 30 heavy (non-hydrogen) atoms. The second-order valence-electron chi connectivity index (χ2n) is 8.17. The maximum Gasteiger partial charge on any atom is 0.250 e. The molecule has 3 rings (SSSR count). The molecule has 0 bridgehead atoms. The summed E-state index contributed by atoms with van der Waals surface area (Å²) in [5, 5.41) is 6.83. The van der Waals surface area contributed by atoms with E-state index in [1.165, 1.54) is 0 Å². The molecule has 1 aliphatic heterocycles. The normalized spacial score (nSPS) is 15.8. The summed E-state index contributed by atoms with van der Waals surface area (Å²) in [7, 11) is 1.79. The molecule has 1 aromatic heterocycles. The van der Waals surface area contributed by atoms with Crippen molar-refractivity contribution in [1.82, 2.24) is 20.1 Å². The summed E-state index contributed by atoms with van der Waals surface area (Å²) >= 11 is 0. The van der Waals surface area contributed by atoms with Gasteiger partial charge in [-0.05, 0) is 31.0 Å². The minimum absolute atomic E-state index is 0.0121. The van der Waals surface area contributed by atoms with Crippen molar-refractivity contribution in [2.24, 2.45) is 4.99 Å². The lowest BCUT2D eigenvalue weighted by molar-refractivity contribution is -0.00834. The van der Waals surface area contributed by atoms with E-state index in [0.29, 0.717) is 13.1 Å². The smallest absolute Gasteiger partial charge is 0.250 e. The van der Waals surface area contributed by atoms with Gasteiger partial charge in [-0.25, -0.2) is 0 Å². The minimum atomic E-state index is 0.0121. The van der Waals surface area contributed by atoms with Crippen LogP contribution in [0.3, 0.4) is 0 Å². The van der Waals surface area contributed by atoms with Gasteiger partial charge in [0.1, 0.15) is 0 Å². The van der Waals surface area contributed by atoms with Crippen LogP contribution in [0.4, 0.5) is 0 Å². The van der Waals surface area contributed by atoms with Crippen LogP contribution in [0.15, 0.2) is 58.4 Å². The van der Waals surface area contributed by atoms with Crippen molar-refractivity contribution in [2.75, 3.05) is 39.9 Å². The van der Waals surface area contributed by atoms with Crippen LogP contribution >= 0.6 is 0 Å². The first-order valence-electron chi connectivity index (χ1n) is 10.5. The Kier molecular flexibility index (Phi) is 7.65. The molecule has 0 saturated carbocycles. The van der Waals surface area contributed by atoms with Gasteiger partial charge in [-0.1, -0.05) is 30.3 Å². The van der Waals surface area contributed by atoms with E-state index in [2.05, 4.69) is 58.6 Å². The Hall–Kier alpha value is -2.64. The van der Waals surface area contributed by atoms with E-state index in [4.69, 9.17) is 4.74 Å².